The van der Waals surface area contributed by atoms with Crippen molar-refractivity contribution in [3.05, 3.63) is 12.2 Å². The van der Waals surface area contributed by atoms with Gasteiger partial charge in [0.05, 0.1) is 0 Å². The topological polar surface area (TPSA) is 3.24 Å². The van der Waals surface area contributed by atoms with E-state index in [0.29, 0.717) is 0 Å². The van der Waals surface area contributed by atoms with Crippen LogP contribution in [-0.4, -0.2) is 29.8 Å². The van der Waals surface area contributed by atoms with E-state index in [1.807, 2.05) is 0 Å². The van der Waals surface area contributed by atoms with Crippen LogP contribution in [-0.2, 0) is 0 Å². The molecule has 0 spiro atoms. The first kappa shape index (κ1) is 10.1. The van der Waals surface area contributed by atoms with Gasteiger partial charge < -0.3 is 0 Å². The predicted octanol–water partition coefficient (Wildman–Crippen LogP) is 2.35. The first-order valence-electron chi connectivity index (χ1n) is 4.84. The summed E-state index contributed by atoms with van der Waals surface area (Å²) in [5.74, 6) is 0.863. The molecule has 70 valence electrons. The zero-order valence-corrected chi connectivity index (χ0v) is 8.76. The first-order chi connectivity index (χ1) is 5.84. The molecule has 1 nitrogen and oxygen atoms in total. The highest BCUT2D eigenvalue weighted by molar-refractivity contribution is 7.80. The fourth-order valence-corrected chi connectivity index (χ4v) is 1.86. The highest BCUT2D eigenvalue weighted by Gasteiger charge is 2.15. The standard InChI is InChI=1S/C10H19NS/c1-10-6-2-3-7-11(10)8-4-5-9-12/h4-5,10,12H,2-3,6-9H2,1H3. The van der Waals surface area contributed by atoms with Gasteiger partial charge in [0.2, 0.25) is 0 Å². The van der Waals surface area contributed by atoms with Gasteiger partial charge in [-0.1, -0.05) is 18.6 Å². The van der Waals surface area contributed by atoms with Crippen LogP contribution in [0, 0.1) is 0 Å². The van der Waals surface area contributed by atoms with Crippen LogP contribution < -0.4 is 0 Å². The van der Waals surface area contributed by atoms with Gasteiger partial charge in [-0.25, -0.2) is 0 Å². The van der Waals surface area contributed by atoms with Crippen molar-refractivity contribution in [3.63, 3.8) is 0 Å². The van der Waals surface area contributed by atoms with Gasteiger partial charge in [0.25, 0.3) is 0 Å². The molecule has 0 N–H and O–H groups in total. The number of rotatable bonds is 3. The molecule has 1 atom stereocenters. The molecule has 0 saturated carbocycles. The summed E-state index contributed by atoms with van der Waals surface area (Å²) in [6, 6.07) is 0.781. The summed E-state index contributed by atoms with van der Waals surface area (Å²) in [5.41, 5.74) is 0. The lowest BCUT2D eigenvalue weighted by molar-refractivity contribution is 0.179. The van der Waals surface area contributed by atoms with E-state index < -0.39 is 0 Å². The Bertz CT molecular complexity index is 145. The maximum atomic E-state index is 4.14. The van der Waals surface area contributed by atoms with Crippen molar-refractivity contribution < 1.29 is 0 Å². The van der Waals surface area contributed by atoms with Crippen LogP contribution in [0.1, 0.15) is 26.2 Å². The molecule has 0 amide bonds. The van der Waals surface area contributed by atoms with Gasteiger partial charge in [0.1, 0.15) is 0 Å². The fraction of sp³-hybridized carbons (Fsp3) is 0.800. The molecule has 2 heteroatoms. The maximum absolute atomic E-state index is 4.14. The third-order valence-electron chi connectivity index (χ3n) is 2.55. The van der Waals surface area contributed by atoms with Gasteiger partial charge >= 0.3 is 0 Å². The monoisotopic (exact) mass is 185 g/mol. The lowest BCUT2D eigenvalue weighted by Gasteiger charge is -2.32. The van der Waals surface area contributed by atoms with Gasteiger partial charge in [-0.2, -0.15) is 12.6 Å². The summed E-state index contributed by atoms with van der Waals surface area (Å²) in [5, 5.41) is 0. The normalized spacial score (nSPS) is 26.7. The zero-order valence-electron chi connectivity index (χ0n) is 7.87. The largest absolute Gasteiger partial charge is 0.297 e. The molecule has 1 aliphatic heterocycles. The van der Waals surface area contributed by atoms with Crippen molar-refractivity contribution in [1.82, 2.24) is 4.90 Å². The molecular weight excluding hydrogens is 166 g/mol. The Morgan fingerprint density at radius 3 is 2.92 bits per heavy atom. The molecule has 1 rings (SSSR count). The van der Waals surface area contributed by atoms with E-state index in [2.05, 4.69) is 36.6 Å². The Kier molecular flexibility index (Phi) is 4.77. The van der Waals surface area contributed by atoms with Crippen molar-refractivity contribution in [2.45, 2.75) is 32.2 Å². The lowest BCUT2D eigenvalue weighted by atomic mass is 10.0. The summed E-state index contributed by atoms with van der Waals surface area (Å²) in [4.78, 5) is 2.55. The summed E-state index contributed by atoms with van der Waals surface area (Å²) in [6.07, 6.45) is 8.51. The predicted molar refractivity (Wildman–Crippen MR) is 57.9 cm³/mol. The van der Waals surface area contributed by atoms with Crippen LogP contribution in [0.4, 0.5) is 0 Å². The van der Waals surface area contributed by atoms with Gasteiger partial charge in [-0.3, -0.25) is 4.90 Å². The molecule has 12 heavy (non-hydrogen) atoms. The molecule has 0 aromatic heterocycles. The van der Waals surface area contributed by atoms with Crippen LogP contribution >= 0.6 is 12.6 Å². The molecule has 1 unspecified atom stereocenters. The van der Waals surface area contributed by atoms with E-state index in [9.17, 15) is 0 Å². The van der Waals surface area contributed by atoms with E-state index in [4.69, 9.17) is 0 Å². The Labute approximate surface area is 81.2 Å². The Hall–Kier alpha value is 0.0500. The highest BCUT2D eigenvalue weighted by Crippen LogP contribution is 2.15. The third kappa shape index (κ3) is 3.20. The lowest BCUT2D eigenvalue weighted by Crippen LogP contribution is -2.37. The van der Waals surface area contributed by atoms with Crippen molar-refractivity contribution >= 4 is 12.6 Å². The van der Waals surface area contributed by atoms with Crippen LogP contribution in [0.5, 0.6) is 0 Å². The molecule has 0 aromatic rings. The summed E-state index contributed by atoms with van der Waals surface area (Å²) >= 11 is 4.14. The number of hydrogen-bond acceptors (Lipinski definition) is 2. The van der Waals surface area contributed by atoms with Crippen LogP contribution in [0.25, 0.3) is 0 Å². The second kappa shape index (κ2) is 5.65. The third-order valence-corrected chi connectivity index (χ3v) is 2.76. The molecule has 1 saturated heterocycles. The van der Waals surface area contributed by atoms with E-state index in [1.54, 1.807) is 0 Å². The summed E-state index contributed by atoms with van der Waals surface area (Å²) < 4.78 is 0. The summed E-state index contributed by atoms with van der Waals surface area (Å²) in [6.45, 7) is 4.72. The van der Waals surface area contributed by atoms with Crippen molar-refractivity contribution in [1.29, 1.82) is 0 Å². The van der Waals surface area contributed by atoms with E-state index >= 15 is 0 Å². The van der Waals surface area contributed by atoms with Gasteiger partial charge in [-0.15, -0.1) is 0 Å². The van der Waals surface area contributed by atoms with Gasteiger partial charge in [-0.05, 0) is 26.3 Å². The highest BCUT2D eigenvalue weighted by atomic mass is 32.1. The van der Waals surface area contributed by atoms with Crippen LogP contribution in [0.2, 0.25) is 0 Å². The first-order valence-corrected chi connectivity index (χ1v) is 5.47. The van der Waals surface area contributed by atoms with Crippen LogP contribution in [0.3, 0.4) is 0 Å². The molecule has 1 aliphatic rings. The number of piperidine rings is 1. The molecule has 1 fully saturated rings. The zero-order chi connectivity index (χ0) is 8.81. The number of thiol groups is 1. The van der Waals surface area contributed by atoms with Crippen molar-refractivity contribution in [2.24, 2.45) is 0 Å². The summed E-state index contributed by atoms with van der Waals surface area (Å²) in [7, 11) is 0. The van der Waals surface area contributed by atoms with E-state index in [0.717, 1.165) is 18.3 Å². The van der Waals surface area contributed by atoms with Crippen molar-refractivity contribution in [2.75, 3.05) is 18.8 Å². The fourth-order valence-electron chi connectivity index (χ4n) is 1.71. The van der Waals surface area contributed by atoms with Crippen molar-refractivity contribution in [3.8, 4) is 0 Å². The maximum Gasteiger partial charge on any atom is 0.0166 e. The average molecular weight is 185 g/mol. The molecule has 0 bridgehead atoms. The molecule has 0 aliphatic carbocycles. The number of likely N-dealkylation sites (tertiary alicyclic amines) is 1. The van der Waals surface area contributed by atoms with Crippen LogP contribution in [0.15, 0.2) is 12.2 Å². The van der Waals surface area contributed by atoms with E-state index in [-0.39, 0.29) is 0 Å². The molecule has 1 heterocycles. The minimum atomic E-state index is 0.781. The Morgan fingerprint density at radius 1 is 1.42 bits per heavy atom. The SMILES string of the molecule is CC1CCCCN1CC=CCS. The van der Waals surface area contributed by atoms with E-state index in [1.165, 1.54) is 25.8 Å². The number of hydrogen-bond donors (Lipinski definition) is 1. The van der Waals surface area contributed by atoms with Gasteiger partial charge in [0.15, 0.2) is 0 Å². The Morgan fingerprint density at radius 2 is 2.25 bits per heavy atom. The molecular formula is C10H19NS. The smallest absolute Gasteiger partial charge is 0.0166 e. The van der Waals surface area contributed by atoms with Gasteiger partial charge in [0, 0.05) is 18.3 Å². The average Bonchev–Trinajstić information content (AvgIpc) is 2.09. The number of nitrogens with zero attached hydrogens (tertiary/aromatic N) is 1. The second-order valence-electron chi connectivity index (χ2n) is 3.49. The minimum absolute atomic E-state index is 0.781. The Balaban J connectivity index is 2.24. The second-order valence-corrected chi connectivity index (χ2v) is 3.86. The quantitative estimate of drug-likeness (QED) is 0.522. The minimum Gasteiger partial charge on any atom is -0.297 e. The molecule has 0 radical (unpaired) electrons. The molecule has 0 aromatic carbocycles.